The van der Waals surface area contributed by atoms with Crippen LogP contribution in [0.25, 0.3) is 0 Å². The van der Waals surface area contributed by atoms with Crippen molar-refractivity contribution < 1.29 is 4.79 Å². The van der Waals surface area contributed by atoms with Gasteiger partial charge in [0.15, 0.2) is 5.82 Å². The number of likely N-dealkylation sites (N-methyl/N-ethyl adjacent to an activating group) is 1. The van der Waals surface area contributed by atoms with E-state index >= 15 is 0 Å². The zero-order valence-electron chi connectivity index (χ0n) is 12.1. The molecule has 0 radical (unpaired) electrons. The summed E-state index contributed by atoms with van der Waals surface area (Å²) in [5.74, 6) is 1.74. The number of benzene rings is 1. The molecule has 1 aromatic heterocycles. The molecule has 1 atom stereocenters. The molecule has 6 heteroatoms. The minimum Gasteiger partial charge on any atom is -0.336 e. The number of nitrogens with two attached hydrogens (primary N) is 1. The first kappa shape index (κ1) is 13.8. The van der Waals surface area contributed by atoms with Gasteiger partial charge in [-0.3, -0.25) is 4.79 Å². The molecule has 0 aliphatic carbocycles. The zero-order valence-corrected chi connectivity index (χ0v) is 12.1. The number of aromatic nitrogens is 3. The summed E-state index contributed by atoms with van der Waals surface area (Å²) < 4.78 is 1.97. The molecule has 2 heterocycles. The van der Waals surface area contributed by atoms with Gasteiger partial charge in [-0.05, 0) is 12.1 Å². The quantitative estimate of drug-likeness (QED) is 0.889. The van der Waals surface area contributed by atoms with Gasteiger partial charge in [0.05, 0.1) is 6.54 Å². The first-order chi connectivity index (χ1) is 10.2. The van der Waals surface area contributed by atoms with Crippen LogP contribution >= 0.6 is 0 Å². The molecule has 21 heavy (non-hydrogen) atoms. The second-order valence-electron chi connectivity index (χ2n) is 5.34. The fourth-order valence-electron chi connectivity index (χ4n) is 2.80. The van der Waals surface area contributed by atoms with E-state index < -0.39 is 0 Å². The molecule has 1 aliphatic heterocycles. The molecule has 0 unspecified atom stereocenters. The highest BCUT2D eigenvalue weighted by molar-refractivity contribution is 5.81. The van der Waals surface area contributed by atoms with E-state index in [0.29, 0.717) is 25.9 Å². The summed E-state index contributed by atoms with van der Waals surface area (Å²) in [4.78, 5) is 14.3. The summed E-state index contributed by atoms with van der Waals surface area (Å²) in [5.41, 5.74) is 6.77. The smallest absolute Gasteiger partial charge is 0.246 e. The summed E-state index contributed by atoms with van der Waals surface area (Å²) >= 11 is 0. The molecular formula is C15H19N5O. The van der Waals surface area contributed by atoms with Crippen LogP contribution in [0, 0.1) is 0 Å². The highest BCUT2D eigenvalue weighted by atomic mass is 16.2. The topological polar surface area (TPSA) is 77.0 Å². The van der Waals surface area contributed by atoms with Crippen molar-refractivity contribution >= 4 is 5.91 Å². The van der Waals surface area contributed by atoms with Gasteiger partial charge in [0.1, 0.15) is 11.9 Å². The van der Waals surface area contributed by atoms with Gasteiger partial charge < -0.3 is 15.2 Å². The Morgan fingerprint density at radius 3 is 2.76 bits per heavy atom. The van der Waals surface area contributed by atoms with Gasteiger partial charge >= 0.3 is 0 Å². The number of hydrogen-bond donors (Lipinski definition) is 1. The predicted octanol–water partition coefficient (Wildman–Crippen LogP) is 0.535. The Balaban J connectivity index is 1.98. The average Bonchev–Trinajstić information content (AvgIpc) is 2.88. The Morgan fingerprint density at radius 1 is 1.29 bits per heavy atom. The molecule has 0 bridgehead atoms. The van der Waals surface area contributed by atoms with Crippen molar-refractivity contribution in [3.05, 3.63) is 47.5 Å². The van der Waals surface area contributed by atoms with Crippen LogP contribution in [0.1, 0.15) is 23.3 Å². The number of nitrogens with zero attached hydrogens (tertiary/aromatic N) is 4. The standard InChI is InChI=1S/C15H19N5O/c1-19-10-14-18-17-13(7-8-16)20(14)12(15(19)21)9-11-5-3-2-4-6-11/h2-6,12H,7-10,16H2,1H3/t12-/m0/s1. The van der Waals surface area contributed by atoms with Gasteiger partial charge in [0.25, 0.3) is 0 Å². The molecular weight excluding hydrogens is 266 g/mol. The summed E-state index contributed by atoms with van der Waals surface area (Å²) in [7, 11) is 1.81. The summed E-state index contributed by atoms with van der Waals surface area (Å²) in [6, 6.07) is 9.74. The summed E-state index contributed by atoms with van der Waals surface area (Å²) in [6.45, 7) is 1.00. The lowest BCUT2D eigenvalue weighted by molar-refractivity contribution is -0.136. The summed E-state index contributed by atoms with van der Waals surface area (Å²) in [6.07, 6.45) is 1.28. The fraction of sp³-hybridized carbons (Fsp3) is 0.400. The molecule has 2 N–H and O–H groups in total. The van der Waals surface area contributed by atoms with Crippen molar-refractivity contribution in [2.75, 3.05) is 13.6 Å². The maximum atomic E-state index is 12.6. The highest BCUT2D eigenvalue weighted by Gasteiger charge is 2.34. The largest absolute Gasteiger partial charge is 0.336 e. The Hall–Kier alpha value is -2.21. The van der Waals surface area contributed by atoms with Crippen molar-refractivity contribution in [2.45, 2.75) is 25.4 Å². The van der Waals surface area contributed by atoms with E-state index in [2.05, 4.69) is 10.2 Å². The SMILES string of the molecule is CN1Cc2nnc(CCN)n2[C@@H](Cc2ccccc2)C1=O. The van der Waals surface area contributed by atoms with E-state index in [1.54, 1.807) is 11.9 Å². The van der Waals surface area contributed by atoms with Crippen molar-refractivity contribution in [1.82, 2.24) is 19.7 Å². The highest BCUT2D eigenvalue weighted by Crippen LogP contribution is 2.25. The Labute approximate surface area is 123 Å². The molecule has 2 aromatic rings. The van der Waals surface area contributed by atoms with Crippen LogP contribution in [0.5, 0.6) is 0 Å². The lowest BCUT2D eigenvalue weighted by atomic mass is 10.0. The zero-order chi connectivity index (χ0) is 14.8. The van der Waals surface area contributed by atoms with E-state index in [1.807, 2.05) is 34.9 Å². The first-order valence-corrected chi connectivity index (χ1v) is 7.12. The van der Waals surface area contributed by atoms with E-state index in [4.69, 9.17) is 5.73 Å². The minimum absolute atomic E-state index is 0.101. The number of carbonyl (C=O) groups excluding carboxylic acids is 1. The molecule has 0 saturated carbocycles. The molecule has 1 aliphatic rings. The molecule has 0 spiro atoms. The summed E-state index contributed by atoms with van der Waals surface area (Å²) in [5, 5.41) is 8.42. The molecule has 6 nitrogen and oxygen atoms in total. The number of hydrogen-bond acceptors (Lipinski definition) is 4. The Bertz CT molecular complexity index is 623. The van der Waals surface area contributed by atoms with Crippen LogP contribution < -0.4 is 5.73 Å². The van der Waals surface area contributed by atoms with Crippen LogP contribution in [0.4, 0.5) is 0 Å². The molecule has 3 rings (SSSR count). The molecule has 0 fully saturated rings. The second-order valence-corrected chi connectivity index (χ2v) is 5.34. The fourth-order valence-corrected chi connectivity index (χ4v) is 2.80. The van der Waals surface area contributed by atoms with Crippen molar-refractivity contribution in [2.24, 2.45) is 5.73 Å². The second kappa shape index (κ2) is 5.65. The van der Waals surface area contributed by atoms with Crippen LogP contribution in [-0.2, 0) is 24.2 Å². The average molecular weight is 285 g/mol. The first-order valence-electron chi connectivity index (χ1n) is 7.12. The monoisotopic (exact) mass is 285 g/mol. The van der Waals surface area contributed by atoms with Gasteiger partial charge in [-0.15, -0.1) is 10.2 Å². The van der Waals surface area contributed by atoms with E-state index in [0.717, 1.165) is 17.2 Å². The third-order valence-electron chi connectivity index (χ3n) is 3.83. The molecule has 1 aromatic carbocycles. The van der Waals surface area contributed by atoms with Gasteiger partial charge in [0, 0.05) is 19.9 Å². The van der Waals surface area contributed by atoms with Gasteiger partial charge in [0.2, 0.25) is 5.91 Å². The van der Waals surface area contributed by atoms with Crippen LogP contribution in [0.3, 0.4) is 0 Å². The molecule has 1 amide bonds. The predicted molar refractivity (Wildman–Crippen MR) is 78.4 cm³/mol. The van der Waals surface area contributed by atoms with Crippen LogP contribution in [-0.4, -0.2) is 39.2 Å². The number of amides is 1. The lowest BCUT2D eigenvalue weighted by Gasteiger charge is -2.31. The van der Waals surface area contributed by atoms with Crippen LogP contribution in [0.2, 0.25) is 0 Å². The van der Waals surface area contributed by atoms with Crippen molar-refractivity contribution in [3.63, 3.8) is 0 Å². The minimum atomic E-state index is -0.280. The van der Waals surface area contributed by atoms with Gasteiger partial charge in [-0.2, -0.15) is 0 Å². The molecule has 110 valence electrons. The maximum Gasteiger partial charge on any atom is 0.246 e. The third kappa shape index (κ3) is 2.54. The van der Waals surface area contributed by atoms with E-state index in [9.17, 15) is 4.79 Å². The van der Waals surface area contributed by atoms with E-state index in [1.165, 1.54) is 0 Å². The van der Waals surface area contributed by atoms with Gasteiger partial charge in [-0.1, -0.05) is 30.3 Å². The third-order valence-corrected chi connectivity index (χ3v) is 3.83. The normalized spacial score (nSPS) is 17.9. The maximum absolute atomic E-state index is 12.6. The molecule has 0 saturated heterocycles. The Morgan fingerprint density at radius 2 is 2.05 bits per heavy atom. The van der Waals surface area contributed by atoms with Crippen molar-refractivity contribution in [1.29, 1.82) is 0 Å². The lowest BCUT2D eigenvalue weighted by Crippen LogP contribution is -2.42. The number of carbonyl (C=O) groups is 1. The van der Waals surface area contributed by atoms with Crippen molar-refractivity contribution in [3.8, 4) is 0 Å². The van der Waals surface area contributed by atoms with Crippen LogP contribution in [0.15, 0.2) is 30.3 Å². The Kier molecular flexibility index (Phi) is 3.70. The van der Waals surface area contributed by atoms with E-state index in [-0.39, 0.29) is 11.9 Å². The van der Waals surface area contributed by atoms with Gasteiger partial charge in [-0.25, -0.2) is 0 Å². The number of rotatable bonds is 4. The number of fused-ring (bicyclic) bond motifs is 1.